The monoisotopic (exact) mass is 734 g/mol. The van der Waals surface area contributed by atoms with Crippen molar-refractivity contribution in [3.63, 3.8) is 0 Å². The summed E-state index contributed by atoms with van der Waals surface area (Å²) in [5.41, 5.74) is 10.1. The molecule has 0 saturated carbocycles. The molecule has 0 aliphatic carbocycles. The molecule has 282 valence electrons. The second kappa shape index (κ2) is 17.3. The van der Waals surface area contributed by atoms with Crippen LogP contribution in [0.1, 0.15) is 33.4 Å². The van der Waals surface area contributed by atoms with Crippen LogP contribution in [0, 0.1) is 24.7 Å². The van der Waals surface area contributed by atoms with Crippen molar-refractivity contribution >= 4 is 23.9 Å². The molecule has 2 unspecified atom stereocenters. The van der Waals surface area contributed by atoms with Gasteiger partial charge in [-0.25, -0.2) is 9.59 Å². The zero-order chi connectivity index (χ0) is 38.9. The molecule has 54 heavy (non-hydrogen) atoms. The fourth-order valence-corrected chi connectivity index (χ4v) is 6.35. The van der Waals surface area contributed by atoms with Crippen LogP contribution >= 0.6 is 0 Å². The highest BCUT2D eigenvalue weighted by atomic mass is 16.3. The summed E-state index contributed by atoms with van der Waals surface area (Å²) < 4.78 is 0. The van der Waals surface area contributed by atoms with Gasteiger partial charge < -0.3 is 51.9 Å². The van der Waals surface area contributed by atoms with E-state index < -0.39 is 23.0 Å². The molecule has 2 atom stereocenters. The molecule has 14 nitrogen and oxygen atoms in total. The number of carbonyl (C=O) groups is 4. The lowest BCUT2D eigenvalue weighted by atomic mass is 9.86. The van der Waals surface area contributed by atoms with Crippen LogP contribution in [-0.4, -0.2) is 106 Å². The number of benzene rings is 3. The van der Waals surface area contributed by atoms with Crippen LogP contribution < -0.4 is 22.1 Å². The zero-order valence-electron chi connectivity index (χ0n) is 30.0. The third-order valence-electron chi connectivity index (χ3n) is 9.85. The summed E-state index contributed by atoms with van der Waals surface area (Å²) in [6.07, 6.45) is 11.5. The molecule has 8 N–H and O–H groups in total. The molecule has 3 aromatic rings. The molecule has 0 spiro atoms. The van der Waals surface area contributed by atoms with Gasteiger partial charge in [-0.3, -0.25) is 9.59 Å². The van der Waals surface area contributed by atoms with Crippen LogP contribution in [0.15, 0.2) is 72.8 Å². The van der Waals surface area contributed by atoms with E-state index in [4.69, 9.17) is 24.3 Å². The van der Waals surface area contributed by atoms with Crippen molar-refractivity contribution in [1.82, 2.24) is 30.2 Å². The fraction of sp³-hybridized carbons (Fsp3) is 0.350. The quantitative estimate of drug-likeness (QED) is 0.161. The van der Waals surface area contributed by atoms with Crippen LogP contribution in [0.2, 0.25) is 0 Å². The number of nitrogens with zero attached hydrogens (tertiary/aromatic N) is 4. The first-order valence-corrected chi connectivity index (χ1v) is 17.7. The van der Waals surface area contributed by atoms with Crippen LogP contribution in [0.25, 0.3) is 0 Å². The van der Waals surface area contributed by atoms with Crippen LogP contribution in [0.3, 0.4) is 0 Å². The Labute approximate surface area is 315 Å². The molecule has 2 fully saturated rings. The average Bonchev–Trinajstić information content (AvgIpc) is 3.24. The molecule has 2 aliphatic rings. The third-order valence-corrected chi connectivity index (χ3v) is 9.85. The second-order valence-corrected chi connectivity index (χ2v) is 13.2. The molecule has 6 amide bonds. The minimum Gasteiger partial charge on any atom is -0.366 e. The predicted molar refractivity (Wildman–Crippen MR) is 201 cm³/mol. The highest BCUT2D eigenvalue weighted by Gasteiger charge is 2.44. The molecule has 5 rings (SSSR count). The number of nitrogens with two attached hydrogens (primary N) is 2. The molecule has 3 aromatic carbocycles. The molecule has 2 aliphatic heterocycles. The summed E-state index contributed by atoms with van der Waals surface area (Å²) >= 11 is 0. The minimum atomic E-state index is -2.46. The van der Waals surface area contributed by atoms with E-state index in [1.807, 2.05) is 48.5 Å². The van der Waals surface area contributed by atoms with Crippen LogP contribution in [0.4, 0.5) is 9.59 Å². The van der Waals surface area contributed by atoms with Gasteiger partial charge in [0.2, 0.25) is 11.2 Å². The maximum atomic E-state index is 13.7. The number of amides is 6. The van der Waals surface area contributed by atoms with Gasteiger partial charge >= 0.3 is 12.1 Å². The topological polar surface area (TPSA) is 198 Å². The molecule has 0 aromatic heterocycles. The lowest BCUT2D eigenvalue weighted by molar-refractivity contribution is -0.148. The maximum absolute atomic E-state index is 13.7. The Hall–Kier alpha value is -5.90. The number of hydrogen-bond donors (Lipinski definition) is 6. The first-order valence-electron chi connectivity index (χ1n) is 17.7. The second-order valence-electron chi connectivity index (χ2n) is 13.2. The van der Waals surface area contributed by atoms with Crippen molar-refractivity contribution in [2.75, 3.05) is 52.4 Å². The van der Waals surface area contributed by atoms with Gasteiger partial charge in [-0.05, 0) is 28.3 Å². The first kappa shape index (κ1) is 39.3. The van der Waals surface area contributed by atoms with Crippen LogP contribution in [0.5, 0.6) is 0 Å². The van der Waals surface area contributed by atoms with E-state index >= 15 is 0 Å². The molecule has 2 saturated heterocycles. The van der Waals surface area contributed by atoms with E-state index in [1.165, 1.54) is 34.1 Å². The van der Waals surface area contributed by atoms with Gasteiger partial charge in [0.05, 0.1) is 0 Å². The van der Waals surface area contributed by atoms with Gasteiger partial charge in [0.25, 0.3) is 11.8 Å². The van der Waals surface area contributed by atoms with E-state index in [9.17, 15) is 29.4 Å². The SMILES string of the molecule is C#CC(O)(C(=O)N1CCN(C(=O)NCc2ccc(CN)cc2)CC1)c1cccc(C(O)(C#C)C(=O)N2CCN(C(=O)NCc3ccc(CN)cc3)CC2)c1. The highest BCUT2D eigenvalue weighted by molar-refractivity contribution is 5.92. The summed E-state index contributed by atoms with van der Waals surface area (Å²) in [7, 11) is 0. The van der Waals surface area contributed by atoms with E-state index in [2.05, 4.69) is 22.5 Å². The molecule has 2 heterocycles. The zero-order valence-corrected chi connectivity index (χ0v) is 30.0. The summed E-state index contributed by atoms with van der Waals surface area (Å²) in [6.45, 7) is 2.75. The Balaban J connectivity index is 1.17. The highest BCUT2D eigenvalue weighted by Crippen LogP contribution is 2.30. The van der Waals surface area contributed by atoms with Crippen molar-refractivity contribution < 1.29 is 29.4 Å². The number of urea groups is 2. The van der Waals surface area contributed by atoms with Gasteiger partial charge in [0.15, 0.2) is 0 Å². The Morgan fingerprint density at radius 1 is 0.574 bits per heavy atom. The third kappa shape index (κ3) is 8.65. The Bertz CT molecular complexity index is 1770. The fourth-order valence-electron chi connectivity index (χ4n) is 6.35. The van der Waals surface area contributed by atoms with Gasteiger partial charge in [-0.15, -0.1) is 12.8 Å². The molecule has 0 radical (unpaired) electrons. The predicted octanol–water partition coefficient (Wildman–Crippen LogP) is 0.354. The van der Waals surface area contributed by atoms with E-state index in [-0.39, 0.29) is 75.5 Å². The molecular weight excluding hydrogens is 688 g/mol. The van der Waals surface area contributed by atoms with E-state index in [0.717, 1.165) is 22.3 Å². The lowest BCUT2D eigenvalue weighted by Gasteiger charge is -2.38. The Kier molecular flexibility index (Phi) is 12.6. The summed E-state index contributed by atoms with van der Waals surface area (Å²) in [5.74, 6) is 2.80. The smallest absolute Gasteiger partial charge is 0.317 e. The molecular formula is C40H46N8O6. The Morgan fingerprint density at radius 3 is 1.20 bits per heavy atom. The van der Waals surface area contributed by atoms with Crippen molar-refractivity contribution in [1.29, 1.82) is 0 Å². The Morgan fingerprint density at radius 2 is 0.889 bits per heavy atom. The number of aliphatic hydroxyl groups is 2. The van der Waals surface area contributed by atoms with Crippen molar-refractivity contribution in [2.45, 2.75) is 37.4 Å². The average molecular weight is 735 g/mol. The van der Waals surface area contributed by atoms with Crippen molar-refractivity contribution in [3.8, 4) is 24.7 Å². The van der Waals surface area contributed by atoms with Crippen molar-refractivity contribution in [2.24, 2.45) is 11.5 Å². The maximum Gasteiger partial charge on any atom is 0.317 e. The van der Waals surface area contributed by atoms with Crippen molar-refractivity contribution in [3.05, 3.63) is 106 Å². The number of carbonyl (C=O) groups excluding carboxylic acids is 4. The summed E-state index contributed by atoms with van der Waals surface area (Å²) in [4.78, 5) is 59.0. The molecule has 14 heteroatoms. The number of terminal acetylenes is 2. The van der Waals surface area contributed by atoms with Crippen LogP contribution in [-0.2, 0) is 47.0 Å². The van der Waals surface area contributed by atoms with Gasteiger partial charge in [0, 0.05) is 89.7 Å². The number of hydrogen-bond acceptors (Lipinski definition) is 8. The summed E-state index contributed by atoms with van der Waals surface area (Å²) in [5, 5.41) is 28.9. The molecule has 0 bridgehead atoms. The van der Waals surface area contributed by atoms with Gasteiger partial charge in [-0.1, -0.05) is 78.6 Å². The van der Waals surface area contributed by atoms with E-state index in [1.54, 1.807) is 9.80 Å². The van der Waals surface area contributed by atoms with Gasteiger partial charge in [0.1, 0.15) is 0 Å². The summed E-state index contributed by atoms with van der Waals surface area (Å²) in [6, 6.07) is 20.1. The number of piperazine rings is 2. The van der Waals surface area contributed by atoms with E-state index in [0.29, 0.717) is 26.2 Å². The number of rotatable bonds is 10. The largest absolute Gasteiger partial charge is 0.366 e. The lowest BCUT2D eigenvalue weighted by Crippen LogP contribution is -2.57. The van der Waals surface area contributed by atoms with Gasteiger partial charge in [-0.2, -0.15) is 0 Å². The normalized spacial score (nSPS) is 16.6. The number of nitrogens with one attached hydrogen (secondary N) is 2. The first-order chi connectivity index (χ1) is 25.9. The minimum absolute atomic E-state index is 0.0611. The standard InChI is InChI=1S/C40H46N8O6/c1-3-39(53,35(49)45-16-20-47(21-17-45)37(51)43-27-31-12-8-29(25-41)9-13-31)33-6-5-7-34(24-33)40(54,4-2)36(50)46-18-22-48(23-19-46)38(52)44-28-32-14-10-30(26-42)11-15-32/h1-2,5-15,24,53-54H,16-23,25-28,41-42H2,(H,43,51)(H,44,52).